The summed E-state index contributed by atoms with van der Waals surface area (Å²) in [6, 6.07) is 7.39. The monoisotopic (exact) mass is 361 g/mol. The Balaban J connectivity index is 2.31. The zero-order valence-corrected chi connectivity index (χ0v) is 17.4. The van der Waals surface area contributed by atoms with Crippen LogP contribution < -0.4 is 9.64 Å². The van der Waals surface area contributed by atoms with E-state index in [0.717, 1.165) is 11.4 Å². The Kier molecular flexibility index (Phi) is 5.49. The number of ether oxygens (including phenoxy) is 1. The molecule has 0 bridgehead atoms. The molecule has 0 saturated carbocycles. The molecule has 0 aromatic heterocycles. The molecule has 3 atom stereocenters. The molecule has 138 valence electrons. The zero-order valence-electron chi connectivity index (χ0n) is 16.4. The van der Waals surface area contributed by atoms with Gasteiger partial charge in [-0.05, 0) is 36.2 Å². The lowest BCUT2D eigenvalue weighted by atomic mass is 9.83. The quantitative estimate of drug-likeness (QED) is 0.637. The van der Waals surface area contributed by atoms with Crippen molar-refractivity contribution < 1.29 is 14.6 Å². The van der Waals surface area contributed by atoms with Crippen LogP contribution >= 0.6 is 0 Å². The van der Waals surface area contributed by atoms with Crippen molar-refractivity contribution in [2.45, 2.75) is 58.0 Å². The van der Waals surface area contributed by atoms with Crippen LogP contribution in [0, 0.1) is 5.92 Å². The maximum Gasteiger partial charge on any atom is 0.235 e. The number of hydrogen-bond acceptors (Lipinski definition) is 3. The summed E-state index contributed by atoms with van der Waals surface area (Å²) in [6.07, 6.45) is 1.48. The summed E-state index contributed by atoms with van der Waals surface area (Å²) in [5, 5.41) is 10.3. The number of amides is 1. The Hall–Kier alpha value is -1.59. The molecule has 0 unspecified atom stereocenters. The van der Waals surface area contributed by atoms with E-state index in [1.807, 2.05) is 24.3 Å². The van der Waals surface area contributed by atoms with Gasteiger partial charge in [0, 0.05) is 5.69 Å². The smallest absolute Gasteiger partial charge is 0.235 e. The summed E-state index contributed by atoms with van der Waals surface area (Å²) in [5.74, 6) is 0.366. The molecule has 0 aliphatic carbocycles. The van der Waals surface area contributed by atoms with Crippen molar-refractivity contribution in [2.75, 3.05) is 12.0 Å². The molecule has 1 aromatic carbocycles. The lowest BCUT2D eigenvalue weighted by Crippen LogP contribution is -2.64. The standard InChI is InChI=1S/C20H31NO3Si/c1-14(22)18-17(12-13-25(6,7)20(2,3)4)21(19(18)23)15-8-10-16(24-5)11-9-15/h8-14,17-18,22H,1-7H3/b13-12+/t14-,17+,18-/m1/s1. The Morgan fingerprint density at radius 3 is 2.24 bits per heavy atom. The highest BCUT2D eigenvalue weighted by Gasteiger charge is 2.49. The first-order valence-electron chi connectivity index (χ1n) is 8.84. The fourth-order valence-corrected chi connectivity index (χ4v) is 4.04. The first kappa shape index (κ1) is 19.7. The van der Waals surface area contributed by atoms with Gasteiger partial charge < -0.3 is 14.7 Å². The van der Waals surface area contributed by atoms with Gasteiger partial charge in [-0.2, -0.15) is 0 Å². The first-order valence-corrected chi connectivity index (χ1v) is 11.9. The van der Waals surface area contributed by atoms with Crippen molar-refractivity contribution in [3.63, 3.8) is 0 Å². The van der Waals surface area contributed by atoms with Crippen LogP contribution in [0.3, 0.4) is 0 Å². The van der Waals surface area contributed by atoms with Crippen molar-refractivity contribution in [3.05, 3.63) is 36.0 Å². The van der Waals surface area contributed by atoms with Crippen LogP contribution in [-0.4, -0.2) is 38.3 Å². The molecule has 1 amide bonds. The molecule has 1 aromatic rings. The Labute approximate surface area is 152 Å². The highest BCUT2D eigenvalue weighted by Crippen LogP contribution is 2.40. The van der Waals surface area contributed by atoms with Gasteiger partial charge in [0.05, 0.1) is 33.2 Å². The van der Waals surface area contributed by atoms with Gasteiger partial charge in [0.15, 0.2) is 0 Å². The minimum atomic E-state index is -1.60. The van der Waals surface area contributed by atoms with E-state index in [4.69, 9.17) is 4.74 Å². The molecule has 1 fully saturated rings. The number of carbonyl (C=O) groups is 1. The number of benzene rings is 1. The topological polar surface area (TPSA) is 49.8 Å². The van der Waals surface area contributed by atoms with Gasteiger partial charge in [0.25, 0.3) is 0 Å². The molecule has 2 rings (SSSR count). The summed E-state index contributed by atoms with van der Waals surface area (Å²) in [5.41, 5.74) is 3.16. The number of aliphatic hydroxyl groups excluding tert-OH is 1. The summed E-state index contributed by atoms with van der Waals surface area (Å²) in [6.45, 7) is 13.2. The fraction of sp³-hybridized carbons (Fsp3) is 0.550. The minimum absolute atomic E-state index is 0.0231. The molecule has 0 spiro atoms. The number of aliphatic hydroxyl groups is 1. The van der Waals surface area contributed by atoms with Gasteiger partial charge in [0.2, 0.25) is 5.91 Å². The third-order valence-electron chi connectivity index (χ3n) is 5.70. The summed E-state index contributed by atoms with van der Waals surface area (Å²) in [7, 11) is 0.0212. The van der Waals surface area contributed by atoms with Crippen LogP contribution in [0.15, 0.2) is 36.0 Å². The van der Waals surface area contributed by atoms with Gasteiger partial charge in [-0.15, -0.1) is 0 Å². The van der Waals surface area contributed by atoms with Crippen molar-refractivity contribution in [2.24, 2.45) is 5.92 Å². The number of anilines is 1. The maximum absolute atomic E-state index is 12.6. The van der Waals surface area contributed by atoms with Crippen molar-refractivity contribution >= 4 is 19.7 Å². The Morgan fingerprint density at radius 2 is 1.80 bits per heavy atom. The van der Waals surface area contributed by atoms with Crippen LogP contribution in [0.1, 0.15) is 27.7 Å². The van der Waals surface area contributed by atoms with Gasteiger partial charge >= 0.3 is 0 Å². The summed E-state index contributed by atoms with van der Waals surface area (Å²) in [4.78, 5) is 14.4. The predicted molar refractivity (Wildman–Crippen MR) is 106 cm³/mol. The van der Waals surface area contributed by atoms with E-state index in [2.05, 4.69) is 45.6 Å². The van der Waals surface area contributed by atoms with Gasteiger partial charge in [0.1, 0.15) is 5.75 Å². The van der Waals surface area contributed by atoms with Crippen molar-refractivity contribution in [3.8, 4) is 5.75 Å². The van der Waals surface area contributed by atoms with E-state index < -0.39 is 14.2 Å². The van der Waals surface area contributed by atoms with Crippen LogP contribution in [0.25, 0.3) is 0 Å². The second-order valence-electron chi connectivity index (χ2n) is 8.49. The van der Waals surface area contributed by atoms with Crippen LogP contribution in [0.5, 0.6) is 5.75 Å². The number of rotatable bonds is 5. The van der Waals surface area contributed by atoms with E-state index >= 15 is 0 Å². The van der Waals surface area contributed by atoms with E-state index in [0.29, 0.717) is 0 Å². The van der Waals surface area contributed by atoms with Crippen LogP contribution in [0.2, 0.25) is 18.1 Å². The second-order valence-corrected chi connectivity index (χ2v) is 13.8. The lowest BCUT2D eigenvalue weighted by Gasteiger charge is -2.47. The first-order chi connectivity index (χ1) is 11.5. The fourth-order valence-electron chi connectivity index (χ4n) is 2.86. The third kappa shape index (κ3) is 3.82. The largest absolute Gasteiger partial charge is 0.497 e. The number of methoxy groups -OCH3 is 1. The Morgan fingerprint density at radius 1 is 1.24 bits per heavy atom. The third-order valence-corrected chi connectivity index (χ3v) is 10.6. The normalized spacial score (nSPS) is 22.9. The summed E-state index contributed by atoms with van der Waals surface area (Å²) >= 11 is 0. The SMILES string of the molecule is COc1ccc(N2C(=O)[C@H]([C@@H](C)O)[C@@H]2/C=C/[Si](C)(C)C(C)(C)C)cc1. The van der Waals surface area contributed by atoms with E-state index in [1.54, 1.807) is 18.9 Å². The van der Waals surface area contributed by atoms with Gasteiger partial charge in [-0.1, -0.05) is 45.6 Å². The molecule has 1 heterocycles. The highest BCUT2D eigenvalue weighted by atomic mass is 28.3. The molecule has 1 aliphatic heterocycles. The molecule has 0 radical (unpaired) electrons. The zero-order chi connectivity index (χ0) is 19.0. The second kappa shape index (κ2) is 6.96. The number of β-lactam (4-membered cyclic amide) rings is 1. The summed E-state index contributed by atoms with van der Waals surface area (Å²) < 4.78 is 5.19. The number of hydrogen-bond donors (Lipinski definition) is 1. The Bertz CT molecular complexity index is 644. The van der Waals surface area contributed by atoms with E-state index in [9.17, 15) is 9.90 Å². The van der Waals surface area contributed by atoms with Crippen molar-refractivity contribution in [1.29, 1.82) is 0 Å². The molecular formula is C20H31NO3Si. The predicted octanol–water partition coefficient (Wildman–Crippen LogP) is 4.01. The number of carbonyl (C=O) groups excluding carboxylic acids is 1. The van der Waals surface area contributed by atoms with Crippen LogP contribution in [0.4, 0.5) is 5.69 Å². The van der Waals surface area contributed by atoms with Crippen LogP contribution in [-0.2, 0) is 4.79 Å². The lowest BCUT2D eigenvalue weighted by molar-refractivity contribution is -0.133. The van der Waals surface area contributed by atoms with E-state index in [-0.39, 0.29) is 22.9 Å². The molecular weight excluding hydrogens is 330 g/mol. The van der Waals surface area contributed by atoms with E-state index in [1.165, 1.54) is 0 Å². The van der Waals surface area contributed by atoms with Gasteiger partial charge in [-0.25, -0.2) is 0 Å². The van der Waals surface area contributed by atoms with Crippen molar-refractivity contribution in [1.82, 2.24) is 0 Å². The molecule has 1 aliphatic rings. The average molecular weight is 362 g/mol. The minimum Gasteiger partial charge on any atom is -0.497 e. The molecule has 4 nitrogen and oxygen atoms in total. The maximum atomic E-state index is 12.6. The molecule has 5 heteroatoms. The molecule has 1 N–H and O–H groups in total. The molecule has 1 saturated heterocycles. The molecule has 25 heavy (non-hydrogen) atoms. The van der Waals surface area contributed by atoms with Gasteiger partial charge in [-0.3, -0.25) is 4.79 Å². The number of nitrogens with zero attached hydrogens (tertiary/aromatic N) is 1. The average Bonchev–Trinajstić information content (AvgIpc) is 2.50. The highest BCUT2D eigenvalue weighted by molar-refractivity contribution is 6.84.